The van der Waals surface area contributed by atoms with Gasteiger partial charge in [-0.1, -0.05) is 12.1 Å². The zero-order valence-electron chi connectivity index (χ0n) is 13.5. The van der Waals surface area contributed by atoms with E-state index in [9.17, 15) is 4.79 Å². The Labute approximate surface area is 139 Å². The van der Waals surface area contributed by atoms with Gasteiger partial charge in [0.05, 0.1) is 24.7 Å². The van der Waals surface area contributed by atoms with Gasteiger partial charge in [0.1, 0.15) is 5.75 Å². The number of methoxy groups -OCH3 is 1. The van der Waals surface area contributed by atoms with Crippen LogP contribution in [-0.2, 0) is 17.1 Å². The van der Waals surface area contributed by atoms with Crippen LogP contribution in [-0.4, -0.2) is 39.0 Å². The maximum Gasteiger partial charge on any atom is 0.230 e. The van der Waals surface area contributed by atoms with E-state index in [1.807, 2.05) is 38.1 Å². The third-order valence-electron chi connectivity index (χ3n) is 3.14. The first-order valence-corrected chi connectivity index (χ1v) is 8.49. The van der Waals surface area contributed by atoms with E-state index in [1.165, 1.54) is 11.8 Å². The number of tetrazole rings is 1. The molecule has 1 aromatic heterocycles. The Balaban J connectivity index is 1.73. The monoisotopic (exact) mass is 335 g/mol. The van der Waals surface area contributed by atoms with Crippen LogP contribution < -0.4 is 10.1 Å². The summed E-state index contributed by atoms with van der Waals surface area (Å²) < 4.78 is 6.93. The van der Waals surface area contributed by atoms with Gasteiger partial charge < -0.3 is 10.1 Å². The molecular formula is C15H21N5O2S. The minimum atomic E-state index is -0.0126. The fourth-order valence-electron chi connectivity index (χ4n) is 1.98. The van der Waals surface area contributed by atoms with Gasteiger partial charge in [-0.3, -0.25) is 4.79 Å². The van der Waals surface area contributed by atoms with Gasteiger partial charge in [-0.2, -0.15) is 0 Å². The number of thioether (sulfide) groups is 1. The average Bonchev–Trinajstić information content (AvgIpc) is 3.02. The molecule has 124 valence electrons. The predicted molar refractivity (Wildman–Crippen MR) is 89.2 cm³/mol. The Kier molecular flexibility index (Phi) is 6.40. The number of hydrogen-bond donors (Lipinski definition) is 1. The Morgan fingerprint density at radius 2 is 2.26 bits per heavy atom. The molecule has 0 radical (unpaired) electrons. The molecule has 8 heteroatoms. The number of benzene rings is 1. The highest BCUT2D eigenvalue weighted by atomic mass is 32.2. The number of hydrogen-bond acceptors (Lipinski definition) is 6. The van der Waals surface area contributed by atoms with E-state index in [0.29, 0.717) is 18.1 Å². The Bertz CT molecular complexity index is 644. The van der Waals surface area contributed by atoms with Gasteiger partial charge in [-0.25, -0.2) is 4.68 Å². The van der Waals surface area contributed by atoms with Crippen molar-refractivity contribution in [2.75, 3.05) is 12.9 Å². The van der Waals surface area contributed by atoms with E-state index in [-0.39, 0.29) is 11.9 Å². The average molecular weight is 335 g/mol. The molecule has 0 spiro atoms. The molecule has 1 N–H and O–H groups in total. The highest BCUT2D eigenvalue weighted by Crippen LogP contribution is 2.13. The Hall–Kier alpha value is -2.09. The van der Waals surface area contributed by atoms with E-state index < -0.39 is 0 Å². The Morgan fingerprint density at radius 3 is 3.00 bits per heavy atom. The second-order valence-corrected chi connectivity index (χ2v) is 6.24. The molecule has 0 aliphatic rings. The molecule has 0 unspecified atom stereocenters. The fraction of sp³-hybridized carbons (Fsp3) is 0.467. The summed E-state index contributed by atoms with van der Waals surface area (Å²) in [6, 6.07) is 7.85. The molecule has 1 amide bonds. The summed E-state index contributed by atoms with van der Waals surface area (Å²) in [5, 5.41) is 14.5. The largest absolute Gasteiger partial charge is 0.497 e. The van der Waals surface area contributed by atoms with Gasteiger partial charge in [0, 0.05) is 6.54 Å². The topological polar surface area (TPSA) is 81.9 Å². The lowest BCUT2D eigenvalue weighted by molar-refractivity contribution is -0.118. The first-order valence-electron chi connectivity index (χ1n) is 7.34. The number of rotatable bonds is 8. The lowest BCUT2D eigenvalue weighted by Crippen LogP contribution is -2.24. The van der Waals surface area contributed by atoms with Crippen molar-refractivity contribution in [2.45, 2.75) is 32.2 Å². The summed E-state index contributed by atoms with van der Waals surface area (Å²) >= 11 is 1.49. The van der Waals surface area contributed by atoms with E-state index in [2.05, 4.69) is 20.8 Å². The number of aromatic nitrogens is 4. The maximum absolute atomic E-state index is 11.9. The zero-order chi connectivity index (χ0) is 16.7. The minimum Gasteiger partial charge on any atom is -0.497 e. The third-order valence-corrected chi connectivity index (χ3v) is 4.07. The van der Waals surface area contributed by atoms with Crippen molar-refractivity contribution in [1.82, 2.24) is 25.5 Å². The van der Waals surface area contributed by atoms with E-state index in [0.717, 1.165) is 17.1 Å². The van der Waals surface area contributed by atoms with Gasteiger partial charge in [0.25, 0.3) is 0 Å². The summed E-state index contributed by atoms with van der Waals surface area (Å²) in [5.74, 6) is 2.53. The number of amides is 1. The number of carbonyl (C=O) groups excluding carboxylic acids is 1. The fourth-order valence-corrected chi connectivity index (χ4v) is 2.74. The van der Waals surface area contributed by atoms with Crippen LogP contribution in [0.3, 0.4) is 0 Å². The normalized spacial score (nSPS) is 10.8. The van der Waals surface area contributed by atoms with Gasteiger partial charge in [0.15, 0.2) is 5.82 Å². The van der Waals surface area contributed by atoms with Crippen molar-refractivity contribution in [2.24, 2.45) is 0 Å². The van der Waals surface area contributed by atoms with Crippen LogP contribution in [0.15, 0.2) is 24.3 Å². The smallest absolute Gasteiger partial charge is 0.230 e. The molecule has 0 saturated heterocycles. The number of ether oxygens (including phenoxy) is 1. The summed E-state index contributed by atoms with van der Waals surface area (Å²) in [6.07, 6.45) is 0. The molecule has 2 aromatic rings. The molecule has 0 bridgehead atoms. The molecule has 23 heavy (non-hydrogen) atoms. The van der Waals surface area contributed by atoms with Gasteiger partial charge in [-0.15, -0.1) is 16.9 Å². The molecule has 0 aliphatic carbocycles. The first kappa shape index (κ1) is 17.3. The van der Waals surface area contributed by atoms with Crippen molar-refractivity contribution < 1.29 is 9.53 Å². The van der Waals surface area contributed by atoms with Gasteiger partial charge in [-0.05, 0) is 42.0 Å². The van der Waals surface area contributed by atoms with Crippen LogP contribution in [0.4, 0.5) is 0 Å². The number of nitrogens with one attached hydrogen (secondary N) is 1. The maximum atomic E-state index is 11.9. The van der Waals surface area contributed by atoms with Crippen molar-refractivity contribution in [3.8, 4) is 5.75 Å². The van der Waals surface area contributed by atoms with Crippen LogP contribution in [0, 0.1) is 0 Å². The predicted octanol–water partition coefficient (Wildman–Crippen LogP) is 1.81. The third kappa shape index (κ3) is 5.24. The zero-order valence-corrected chi connectivity index (χ0v) is 14.3. The summed E-state index contributed by atoms with van der Waals surface area (Å²) in [6.45, 7) is 4.52. The van der Waals surface area contributed by atoms with Crippen LogP contribution in [0.2, 0.25) is 0 Å². The van der Waals surface area contributed by atoms with Crippen LogP contribution in [0.25, 0.3) is 0 Å². The molecule has 7 nitrogen and oxygen atoms in total. The summed E-state index contributed by atoms with van der Waals surface area (Å²) in [5.41, 5.74) is 1.01. The highest BCUT2D eigenvalue weighted by Gasteiger charge is 2.10. The quantitative estimate of drug-likeness (QED) is 0.792. The summed E-state index contributed by atoms with van der Waals surface area (Å²) in [4.78, 5) is 11.9. The van der Waals surface area contributed by atoms with Crippen molar-refractivity contribution in [3.63, 3.8) is 0 Å². The highest BCUT2D eigenvalue weighted by molar-refractivity contribution is 7.99. The van der Waals surface area contributed by atoms with Crippen LogP contribution >= 0.6 is 11.8 Å². The molecule has 0 aliphatic heterocycles. The second-order valence-electron chi connectivity index (χ2n) is 5.25. The van der Waals surface area contributed by atoms with Crippen LogP contribution in [0.1, 0.15) is 31.3 Å². The molecule has 0 saturated carbocycles. The lowest BCUT2D eigenvalue weighted by Gasteiger charge is -2.08. The first-order chi connectivity index (χ1) is 11.1. The molecule has 1 heterocycles. The SMILES string of the molecule is COc1cccc(CNC(=O)CSCc2nnnn2C(C)C)c1. The molecule has 2 rings (SSSR count). The van der Waals surface area contributed by atoms with Gasteiger partial charge >= 0.3 is 0 Å². The molecule has 1 aromatic carbocycles. The van der Waals surface area contributed by atoms with Crippen molar-refractivity contribution in [1.29, 1.82) is 0 Å². The Morgan fingerprint density at radius 1 is 1.43 bits per heavy atom. The van der Waals surface area contributed by atoms with E-state index in [4.69, 9.17) is 4.74 Å². The second kappa shape index (κ2) is 8.52. The van der Waals surface area contributed by atoms with E-state index >= 15 is 0 Å². The molecule has 0 fully saturated rings. The number of carbonyl (C=O) groups is 1. The standard InChI is InChI=1S/C15H21N5O2S/c1-11(2)20-14(17-18-19-20)9-23-10-15(21)16-8-12-5-4-6-13(7-12)22-3/h4-7,11H,8-10H2,1-3H3,(H,16,21). The minimum absolute atomic E-state index is 0.0126. The van der Waals surface area contributed by atoms with Crippen LogP contribution in [0.5, 0.6) is 5.75 Å². The van der Waals surface area contributed by atoms with Gasteiger partial charge in [0.2, 0.25) is 5.91 Å². The molecular weight excluding hydrogens is 314 g/mol. The lowest BCUT2D eigenvalue weighted by atomic mass is 10.2. The van der Waals surface area contributed by atoms with Crippen molar-refractivity contribution in [3.05, 3.63) is 35.7 Å². The number of nitrogens with zero attached hydrogens (tertiary/aromatic N) is 4. The van der Waals surface area contributed by atoms with Crippen molar-refractivity contribution >= 4 is 17.7 Å². The van der Waals surface area contributed by atoms with E-state index in [1.54, 1.807) is 11.8 Å². The molecule has 0 atom stereocenters. The summed E-state index contributed by atoms with van der Waals surface area (Å²) in [7, 11) is 1.62.